The van der Waals surface area contributed by atoms with Gasteiger partial charge in [0.25, 0.3) is 0 Å². The van der Waals surface area contributed by atoms with E-state index in [1.807, 2.05) is 0 Å². The Morgan fingerprint density at radius 3 is 2.88 bits per heavy atom. The highest BCUT2D eigenvalue weighted by Gasteiger charge is 2.31. The van der Waals surface area contributed by atoms with E-state index in [1.54, 1.807) is 0 Å². The van der Waals surface area contributed by atoms with Gasteiger partial charge in [0.1, 0.15) is 0 Å². The van der Waals surface area contributed by atoms with Crippen LogP contribution in [0, 0.1) is 5.92 Å². The summed E-state index contributed by atoms with van der Waals surface area (Å²) in [5.74, 6) is 0.666. The number of nitrogens with one attached hydrogen (secondary N) is 1. The van der Waals surface area contributed by atoms with Crippen LogP contribution in [0.15, 0.2) is 0 Å². The van der Waals surface area contributed by atoms with Crippen molar-refractivity contribution >= 4 is 5.91 Å². The van der Waals surface area contributed by atoms with Crippen LogP contribution in [0.25, 0.3) is 0 Å². The zero-order chi connectivity index (χ0) is 11.4. The predicted molar refractivity (Wildman–Crippen MR) is 65.2 cm³/mol. The van der Waals surface area contributed by atoms with Crippen molar-refractivity contribution in [3.63, 3.8) is 0 Å². The first-order valence-corrected chi connectivity index (χ1v) is 6.84. The SMILES string of the molecule is CCC1CCCCN1C(=O)[C@@H]1CCCNC1. The number of hydrogen-bond acceptors (Lipinski definition) is 2. The Hall–Kier alpha value is -0.570. The van der Waals surface area contributed by atoms with Gasteiger partial charge in [0, 0.05) is 19.1 Å². The van der Waals surface area contributed by atoms with Gasteiger partial charge in [0.05, 0.1) is 5.92 Å². The van der Waals surface area contributed by atoms with E-state index < -0.39 is 0 Å². The van der Waals surface area contributed by atoms with Crippen molar-refractivity contribution in [2.75, 3.05) is 19.6 Å². The fourth-order valence-electron chi connectivity index (χ4n) is 3.01. The van der Waals surface area contributed by atoms with Crippen LogP contribution in [0.3, 0.4) is 0 Å². The van der Waals surface area contributed by atoms with Gasteiger partial charge in [-0.3, -0.25) is 4.79 Å². The quantitative estimate of drug-likeness (QED) is 0.775. The maximum atomic E-state index is 12.4. The van der Waals surface area contributed by atoms with Crippen LogP contribution in [0.2, 0.25) is 0 Å². The van der Waals surface area contributed by atoms with Gasteiger partial charge in [0.2, 0.25) is 5.91 Å². The lowest BCUT2D eigenvalue weighted by atomic mass is 9.93. The van der Waals surface area contributed by atoms with Crippen LogP contribution < -0.4 is 5.32 Å². The third-order valence-corrected chi connectivity index (χ3v) is 4.03. The monoisotopic (exact) mass is 224 g/mol. The lowest BCUT2D eigenvalue weighted by molar-refractivity contribution is -0.139. The average Bonchev–Trinajstić information content (AvgIpc) is 2.39. The van der Waals surface area contributed by atoms with Crippen LogP contribution in [0.4, 0.5) is 0 Å². The molecule has 0 saturated carbocycles. The molecule has 1 N–H and O–H groups in total. The maximum Gasteiger partial charge on any atom is 0.227 e. The van der Waals surface area contributed by atoms with Gasteiger partial charge < -0.3 is 10.2 Å². The van der Waals surface area contributed by atoms with Gasteiger partial charge in [-0.15, -0.1) is 0 Å². The van der Waals surface area contributed by atoms with Gasteiger partial charge in [0.15, 0.2) is 0 Å². The lowest BCUT2D eigenvalue weighted by Gasteiger charge is -2.38. The molecule has 2 aliphatic rings. The van der Waals surface area contributed by atoms with Crippen LogP contribution in [-0.4, -0.2) is 36.5 Å². The Balaban J connectivity index is 1.95. The highest BCUT2D eigenvalue weighted by molar-refractivity contribution is 5.79. The van der Waals surface area contributed by atoms with E-state index in [-0.39, 0.29) is 5.92 Å². The number of piperidine rings is 2. The maximum absolute atomic E-state index is 12.4. The van der Waals surface area contributed by atoms with Crippen molar-refractivity contribution in [2.24, 2.45) is 5.92 Å². The molecule has 2 atom stereocenters. The molecule has 2 fully saturated rings. The van der Waals surface area contributed by atoms with Crippen molar-refractivity contribution in [3.8, 4) is 0 Å². The second-order valence-electron chi connectivity index (χ2n) is 5.13. The van der Waals surface area contributed by atoms with E-state index in [9.17, 15) is 4.79 Å². The Kier molecular flexibility index (Phi) is 4.22. The number of likely N-dealkylation sites (tertiary alicyclic amines) is 1. The van der Waals surface area contributed by atoms with Crippen LogP contribution in [-0.2, 0) is 4.79 Å². The number of hydrogen-bond donors (Lipinski definition) is 1. The largest absolute Gasteiger partial charge is 0.339 e. The Morgan fingerprint density at radius 1 is 1.31 bits per heavy atom. The smallest absolute Gasteiger partial charge is 0.227 e. The molecule has 3 nitrogen and oxygen atoms in total. The summed E-state index contributed by atoms with van der Waals surface area (Å²) in [6, 6.07) is 0.517. The predicted octanol–water partition coefficient (Wildman–Crippen LogP) is 1.78. The summed E-state index contributed by atoms with van der Waals surface area (Å²) in [5, 5.41) is 3.34. The first-order chi connectivity index (χ1) is 7.83. The van der Waals surface area contributed by atoms with E-state index in [0.717, 1.165) is 38.9 Å². The van der Waals surface area contributed by atoms with E-state index in [4.69, 9.17) is 0 Å². The Bertz CT molecular complexity index is 236. The topological polar surface area (TPSA) is 32.3 Å². The van der Waals surface area contributed by atoms with Gasteiger partial charge in [-0.2, -0.15) is 0 Å². The van der Waals surface area contributed by atoms with Crippen molar-refractivity contribution < 1.29 is 4.79 Å². The minimum Gasteiger partial charge on any atom is -0.339 e. The van der Waals surface area contributed by atoms with Crippen molar-refractivity contribution in [1.82, 2.24) is 10.2 Å². The van der Waals surface area contributed by atoms with Crippen LogP contribution in [0.1, 0.15) is 45.4 Å². The van der Waals surface area contributed by atoms with E-state index in [1.165, 1.54) is 19.3 Å². The molecular weight excluding hydrogens is 200 g/mol. The van der Waals surface area contributed by atoms with Crippen molar-refractivity contribution in [1.29, 1.82) is 0 Å². The highest BCUT2D eigenvalue weighted by atomic mass is 16.2. The minimum absolute atomic E-state index is 0.251. The Morgan fingerprint density at radius 2 is 2.19 bits per heavy atom. The summed E-state index contributed by atoms with van der Waals surface area (Å²) in [6.07, 6.45) is 7.06. The number of nitrogens with zero attached hydrogens (tertiary/aromatic N) is 1. The molecule has 1 unspecified atom stereocenters. The number of carbonyl (C=O) groups excluding carboxylic acids is 1. The lowest BCUT2D eigenvalue weighted by Crippen LogP contribution is -2.49. The summed E-state index contributed by atoms with van der Waals surface area (Å²) >= 11 is 0. The standard InChI is InChI=1S/C13H24N2O/c1-2-12-7-3-4-9-15(12)13(16)11-6-5-8-14-10-11/h11-12,14H,2-10H2,1H3/t11-,12?/m1/s1. The molecule has 0 aromatic carbocycles. The first kappa shape index (κ1) is 11.9. The molecule has 1 amide bonds. The number of carbonyl (C=O) groups is 1. The summed E-state index contributed by atoms with van der Waals surface area (Å²) < 4.78 is 0. The van der Waals surface area contributed by atoms with Gasteiger partial charge in [-0.1, -0.05) is 6.92 Å². The van der Waals surface area contributed by atoms with Crippen LogP contribution >= 0.6 is 0 Å². The summed E-state index contributed by atoms with van der Waals surface area (Å²) in [6.45, 7) is 5.18. The highest BCUT2D eigenvalue weighted by Crippen LogP contribution is 2.23. The van der Waals surface area contributed by atoms with Gasteiger partial charge in [-0.05, 0) is 45.1 Å². The third kappa shape index (κ3) is 2.57. The molecule has 2 heterocycles. The molecule has 16 heavy (non-hydrogen) atoms. The van der Waals surface area contributed by atoms with Gasteiger partial charge in [-0.25, -0.2) is 0 Å². The summed E-state index contributed by atoms with van der Waals surface area (Å²) in [4.78, 5) is 14.6. The molecule has 2 saturated heterocycles. The third-order valence-electron chi connectivity index (χ3n) is 4.03. The molecule has 0 spiro atoms. The molecule has 0 radical (unpaired) electrons. The molecule has 3 heteroatoms. The van der Waals surface area contributed by atoms with Crippen LogP contribution in [0.5, 0.6) is 0 Å². The van der Waals surface area contributed by atoms with Crippen molar-refractivity contribution in [2.45, 2.75) is 51.5 Å². The fraction of sp³-hybridized carbons (Fsp3) is 0.923. The molecule has 0 aromatic rings. The zero-order valence-electron chi connectivity index (χ0n) is 10.4. The van der Waals surface area contributed by atoms with E-state index in [0.29, 0.717) is 11.9 Å². The number of amides is 1. The first-order valence-electron chi connectivity index (χ1n) is 6.84. The molecule has 92 valence electrons. The zero-order valence-corrected chi connectivity index (χ0v) is 10.4. The molecular formula is C13H24N2O. The molecule has 2 aliphatic heterocycles. The molecule has 0 bridgehead atoms. The summed E-state index contributed by atoms with van der Waals surface area (Å²) in [7, 11) is 0. The number of rotatable bonds is 2. The minimum atomic E-state index is 0.251. The fourth-order valence-corrected chi connectivity index (χ4v) is 3.01. The second kappa shape index (κ2) is 5.67. The molecule has 0 aromatic heterocycles. The average molecular weight is 224 g/mol. The normalized spacial score (nSPS) is 31.4. The van der Waals surface area contributed by atoms with Gasteiger partial charge >= 0.3 is 0 Å². The molecule has 2 rings (SSSR count). The van der Waals surface area contributed by atoms with E-state index in [2.05, 4.69) is 17.1 Å². The summed E-state index contributed by atoms with van der Waals surface area (Å²) in [5.41, 5.74) is 0. The van der Waals surface area contributed by atoms with E-state index >= 15 is 0 Å². The molecule has 0 aliphatic carbocycles. The second-order valence-corrected chi connectivity index (χ2v) is 5.13. The Labute approximate surface area is 98.6 Å². The van der Waals surface area contributed by atoms with Crippen molar-refractivity contribution in [3.05, 3.63) is 0 Å².